The summed E-state index contributed by atoms with van der Waals surface area (Å²) in [7, 11) is 0. The number of aromatic nitrogens is 1. The van der Waals surface area contributed by atoms with E-state index in [9.17, 15) is 4.79 Å². The van der Waals surface area contributed by atoms with Gasteiger partial charge >= 0.3 is 5.97 Å². The maximum atomic E-state index is 12.0. The van der Waals surface area contributed by atoms with E-state index < -0.39 is 0 Å². The van der Waals surface area contributed by atoms with E-state index in [2.05, 4.69) is 29.2 Å². The van der Waals surface area contributed by atoms with Gasteiger partial charge in [-0.15, -0.1) is 0 Å². The van der Waals surface area contributed by atoms with E-state index >= 15 is 0 Å². The molecule has 3 rings (SSSR count). The molecule has 0 aliphatic rings. The number of carbonyl (C=O) groups excluding carboxylic acids is 1. The zero-order valence-corrected chi connectivity index (χ0v) is 14.2. The van der Waals surface area contributed by atoms with Gasteiger partial charge in [0, 0.05) is 12.6 Å². The van der Waals surface area contributed by atoms with Crippen LogP contribution in [0.2, 0.25) is 0 Å². The van der Waals surface area contributed by atoms with E-state index in [1.54, 1.807) is 12.4 Å². The van der Waals surface area contributed by atoms with E-state index in [0.29, 0.717) is 25.2 Å². The first kappa shape index (κ1) is 17.0. The first-order chi connectivity index (χ1) is 12.2. The second kappa shape index (κ2) is 8.29. The van der Waals surface area contributed by atoms with Gasteiger partial charge < -0.3 is 9.47 Å². The molecule has 0 aliphatic heterocycles. The lowest BCUT2D eigenvalue weighted by Gasteiger charge is -2.14. The smallest absolute Gasteiger partial charge is 0.306 e. The van der Waals surface area contributed by atoms with Crippen molar-refractivity contribution in [3.63, 3.8) is 0 Å². The molecule has 2 aromatic carbocycles. The Morgan fingerprint density at radius 3 is 2.72 bits per heavy atom. The third-order valence-electron chi connectivity index (χ3n) is 3.98. The Hall–Kier alpha value is -2.88. The number of pyridine rings is 1. The largest absolute Gasteiger partial charge is 0.492 e. The highest BCUT2D eigenvalue weighted by Crippen LogP contribution is 2.23. The lowest BCUT2D eigenvalue weighted by atomic mass is 10.0. The average Bonchev–Trinajstić information content (AvgIpc) is 2.65. The van der Waals surface area contributed by atoms with Crippen molar-refractivity contribution in [3.8, 4) is 5.75 Å². The summed E-state index contributed by atoms with van der Waals surface area (Å²) in [6.45, 7) is 2.36. The first-order valence-electron chi connectivity index (χ1n) is 8.43. The summed E-state index contributed by atoms with van der Waals surface area (Å²) < 4.78 is 11.1. The predicted octanol–water partition coefficient (Wildman–Crippen LogP) is 4.70. The fourth-order valence-corrected chi connectivity index (χ4v) is 2.62. The number of ether oxygens (including phenoxy) is 2. The van der Waals surface area contributed by atoms with Crippen molar-refractivity contribution in [2.24, 2.45) is 0 Å². The van der Waals surface area contributed by atoms with Crippen LogP contribution >= 0.6 is 0 Å². The highest BCUT2D eigenvalue weighted by atomic mass is 16.5. The number of rotatable bonds is 7. The minimum absolute atomic E-state index is 0.213. The molecule has 0 spiro atoms. The molecule has 0 fully saturated rings. The number of benzene rings is 2. The van der Waals surface area contributed by atoms with Crippen LogP contribution in [0.15, 0.2) is 67.0 Å². The highest BCUT2D eigenvalue weighted by Gasteiger charge is 2.12. The van der Waals surface area contributed by atoms with Crippen LogP contribution in [0, 0.1) is 0 Å². The summed E-state index contributed by atoms with van der Waals surface area (Å²) in [6.07, 6.45) is 4.02. The van der Waals surface area contributed by atoms with Gasteiger partial charge in [0.2, 0.25) is 0 Å². The summed E-state index contributed by atoms with van der Waals surface area (Å²) in [6, 6.07) is 17.9. The Morgan fingerprint density at radius 2 is 1.92 bits per heavy atom. The SMILES string of the molecule is CC(OC(=O)CCCOc1cccnc1)c1ccc2ccccc2c1. The fourth-order valence-electron chi connectivity index (χ4n) is 2.62. The van der Waals surface area contributed by atoms with Gasteiger partial charge in [0.05, 0.1) is 12.8 Å². The van der Waals surface area contributed by atoms with Crippen LogP contribution < -0.4 is 4.74 Å². The Bertz CT molecular complexity index is 833. The van der Waals surface area contributed by atoms with Crippen LogP contribution in [0.4, 0.5) is 0 Å². The molecule has 0 saturated carbocycles. The van der Waals surface area contributed by atoms with Crippen LogP contribution in [-0.4, -0.2) is 17.6 Å². The zero-order chi connectivity index (χ0) is 17.5. The van der Waals surface area contributed by atoms with Gasteiger partial charge in [0.25, 0.3) is 0 Å². The van der Waals surface area contributed by atoms with Gasteiger partial charge in [-0.3, -0.25) is 9.78 Å². The molecule has 1 heterocycles. The van der Waals surface area contributed by atoms with E-state index in [1.807, 2.05) is 37.3 Å². The van der Waals surface area contributed by atoms with Crippen LogP contribution in [0.1, 0.15) is 31.4 Å². The molecule has 0 N–H and O–H groups in total. The second-order valence-electron chi connectivity index (χ2n) is 5.88. The van der Waals surface area contributed by atoms with E-state index in [0.717, 1.165) is 10.9 Å². The summed E-state index contributed by atoms with van der Waals surface area (Å²) >= 11 is 0. The number of hydrogen-bond acceptors (Lipinski definition) is 4. The maximum absolute atomic E-state index is 12.0. The van der Waals surface area contributed by atoms with Crippen LogP contribution in [-0.2, 0) is 9.53 Å². The predicted molar refractivity (Wildman–Crippen MR) is 97.4 cm³/mol. The summed E-state index contributed by atoms with van der Waals surface area (Å²) in [4.78, 5) is 16.0. The van der Waals surface area contributed by atoms with Gasteiger partial charge in [-0.1, -0.05) is 36.4 Å². The molecule has 3 aromatic rings. The highest BCUT2D eigenvalue weighted by molar-refractivity contribution is 5.83. The molecular formula is C21H21NO3. The molecule has 4 heteroatoms. The molecule has 25 heavy (non-hydrogen) atoms. The summed E-state index contributed by atoms with van der Waals surface area (Å²) in [5.41, 5.74) is 0.999. The molecule has 0 bridgehead atoms. The van der Waals surface area contributed by atoms with Crippen molar-refractivity contribution in [2.75, 3.05) is 6.61 Å². The molecule has 0 aliphatic carbocycles. The van der Waals surface area contributed by atoms with E-state index in [4.69, 9.17) is 9.47 Å². The van der Waals surface area contributed by atoms with Crippen molar-refractivity contribution >= 4 is 16.7 Å². The van der Waals surface area contributed by atoms with E-state index in [1.165, 1.54) is 5.39 Å². The van der Waals surface area contributed by atoms with Crippen molar-refractivity contribution < 1.29 is 14.3 Å². The van der Waals surface area contributed by atoms with Gasteiger partial charge in [-0.2, -0.15) is 0 Å². The fraction of sp³-hybridized carbons (Fsp3) is 0.238. The number of nitrogens with zero attached hydrogens (tertiary/aromatic N) is 1. The minimum Gasteiger partial charge on any atom is -0.492 e. The van der Waals surface area contributed by atoms with Crippen molar-refractivity contribution in [1.82, 2.24) is 4.98 Å². The van der Waals surface area contributed by atoms with Crippen LogP contribution in [0.5, 0.6) is 5.75 Å². The third kappa shape index (κ3) is 4.80. The van der Waals surface area contributed by atoms with Crippen molar-refractivity contribution in [1.29, 1.82) is 0 Å². The quantitative estimate of drug-likeness (QED) is 0.464. The topological polar surface area (TPSA) is 48.4 Å². The number of carbonyl (C=O) groups is 1. The molecule has 1 atom stereocenters. The van der Waals surface area contributed by atoms with Gasteiger partial charge in [-0.05, 0) is 47.9 Å². The normalized spacial score (nSPS) is 11.9. The number of fused-ring (bicyclic) bond motifs is 1. The molecule has 0 saturated heterocycles. The number of hydrogen-bond donors (Lipinski definition) is 0. The van der Waals surface area contributed by atoms with E-state index in [-0.39, 0.29) is 12.1 Å². The third-order valence-corrected chi connectivity index (χ3v) is 3.98. The zero-order valence-electron chi connectivity index (χ0n) is 14.2. The lowest BCUT2D eigenvalue weighted by Crippen LogP contribution is -2.10. The average molecular weight is 335 g/mol. The Morgan fingerprint density at radius 1 is 1.08 bits per heavy atom. The monoisotopic (exact) mass is 335 g/mol. The molecular weight excluding hydrogens is 314 g/mol. The first-order valence-corrected chi connectivity index (χ1v) is 8.43. The standard InChI is InChI=1S/C21H21NO3/c1-16(18-11-10-17-6-2-3-7-19(17)14-18)25-21(23)9-5-13-24-20-8-4-12-22-15-20/h2-4,6-8,10-12,14-16H,5,9,13H2,1H3. The Balaban J connectivity index is 1.46. The molecule has 128 valence electrons. The van der Waals surface area contributed by atoms with Crippen molar-refractivity contribution in [3.05, 3.63) is 72.6 Å². The maximum Gasteiger partial charge on any atom is 0.306 e. The summed E-state index contributed by atoms with van der Waals surface area (Å²) in [5.74, 6) is 0.496. The number of esters is 1. The van der Waals surface area contributed by atoms with Crippen molar-refractivity contribution in [2.45, 2.75) is 25.9 Å². The lowest BCUT2D eigenvalue weighted by molar-refractivity contribution is -0.148. The van der Waals surface area contributed by atoms with Gasteiger partial charge in [-0.25, -0.2) is 0 Å². The molecule has 0 amide bonds. The van der Waals surface area contributed by atoms with Gasteiger partial charge in [0.1, 0.15) is 11.9 Å². The Kier molecular flexibility index (Phi) is 5.62. The summed E-state index contributed by atoms with van der Waals surface area (Å²) in [5, 5.41) is 2.32. The molecule has 1 unspecified atom stereocenters. The molecule has 1 aromatic heterocycles. The Labute approximate surface area is 147 Å². The minimum atomic E-state index is -0.267. The molecule has 0 radical (unpaired) electrons. The second-order valence-corrected chi connectivity index (χ2v) is 5.88. The molecule has 4 nitrogen and oxygen atoms in total. The van der Waals surface area contributed by atoms with Gasteiger partial charge in [0.15, 0.2) is 0 Å². The van der Waals surface area contributed by atoms with Crippen LogP contribution in [0.25, 0.3) is 10.8 Å². The van der Waals surface area contributed by atoms with Crippen LogP contribution in [0.3, 0.4) is 0 Å².